The van der Waals surface area contributed by atoms with Crippen LogP contribution in [-0.4, -0.2) is 5.11 Å². The van der Waals surface area contributed by atoms with Gasteiger partial charge in [-0.2, -0.15) is 0 Å². The Morgan fingerprint density at radius 1 is 0.857 bits per heavy atom. The average molecular weight is 341 g/mol. The van der Waals surface area contributed by atoms with E-state index in [4.69, 9.17) is 0 Å². The molecule has 0 aliphatic carbocycles. The molecular formula is C19H17BrO. The first kappa shape index (κ1) is 14.3. The van der Waals surface area contributed by atoms with Crippen LogP contribution in [-0.2, 0) is 0 Å². The molecule has 0 radical (unpaired) electrons. The lowest BCUT2D eigenvalue weighted by molar-refractivity contribution is 0.221. The highest BCUT2D eigenvalue weighted by molar-refractivity contribution is 9.10. The normalized spacial score (nSPS) is 12.6. The summed E-state index contributed by atoms with van der Waals surface area (Å²) in [7, 11) is 0. The van der Waals surface area contributed by atoms with Crippen LogP contribution in [0, 0.1) is 13.8 Å². The topological polar surface area (TPSA) is 20.2 Å². The summed E-state index contributed by atoms with van der Waals surface area (Å²) in [5, 5.41) is 13.1. The molecule has 3 rings (SSSR count). The number of fused-ring (bicyclic) bond motifs is 1. The minimum absolute atomic E-state index is 0.634. The van der Waals surface area contributed by atoms with Gasteiger partial charge < -0.3 is 5.11 Å². The van der Waals surface area contributed by atoms with E-state index in [1.165, 1.54) is 16.5 Å². The maximum absolute atomic E-state index is 10.8. The summed E-state index contributed by atoms with van der Waals surface area (Å²) < 4.78 is 0.944. The van der Waals surface area contributed by atoms with Crippen LogP contribution in [0.3, 0.4) is 0 Å². The largest absolute Gasteiger partial charge is 0.384 e. The number of halogens is 1. The predicted octanol–water partition coefficient (Wildman–Crippen LogP) is 5.30. The Bertz CT molecular complexity index is 808. The van der Waals surface area contributed by atoms with Gasteiger partial charge in [0.2, 0.25) is 0 Å². The maximum Gasteiger partial charge on any atom is 0.106 e. The lowest BCUT2D eigenvalue weighted by Gasteiger charge is -2.17. The molecule has 0 saturated heterocycles. The average Bonchev–Trinajstić information content (AvgIpc) is 2.47. The predicted molar refractivity (Wildman–Crippen MR) is 91.6 cm³/mol. The fourth-order valence-corrected chi connectivity index (χ4v) is 3.44. The summed E-state index contributed by atoms with van der Waals surface area (Å²) in [5.74, 6) is 0. The maximum atomic E-state index is 10.8. The number of aryl methyl sites for hydroxylation is 2. The van der Waals surface area contributed by atoms with Crippen molar-refractivity contribution in [3.63, 3.8) is 0 Å². The number of aliphatic hydroxyl groups is 1. The third-order valence-electron chi connectivity index (χ3n) is 3.92. The van der Waals surface area contributed by atoms with Crippen molar-refractivity contribution < 1.29 is 5.11 Å². The summed E-state index contributed by atoms with van der Waals surface area (Å²) in [6.45, 7) is 4.14. The molecule has 1 nitrogen and oxygen atoms in total. The smallest absolute Gasteiger partial charge is 0.106 e. The fraction of sp³-hybridized carbons (Fsp3) is 0.158. The van der Waals surface area contributed by atoms with Crippen LogP contribution in [0.2, 0.25) is 0 Å². The molecule has 0 saturated carbocycles. The molecule has 1 N–H and O–H groups in total. The fourth-order valence-electron chi connectivity index (χ4n) is 2.73. The van der Waals surface area contributed by atoms with E-state index >= 15 is 0 Å². The second-order valence-corrected chi connectivity index (χ2v) is 6.30. The summed E-state index contributed by atoms with van der Waals surface area (Å²) >= 11 is 3.56. The van der Waals surface area contributed by atoms with Crippen molar-refractivity contribution in [2.45, 2.75) is 20.0 Å². The Balaban J connectivity index is 2.18. The summed E-state index contributed by atoms with van der Waals surface area (Å²) in [6, 6.07) is 18.4. The summed E-state index contributed by atoms with van der Waals surface area (Å²) in [6.07, 6.45) is -0.634. The lowest BCUT2D eigenvalue weighted by atomic mass is 9.93. The van der Waals surface area contributed by atoms with Crippen LogP contribution in [0.5, 0.6) is 0 Å². The van der Waals surface area contributed by atoms with E-state index < -0.39 is 6.10 Å². The molecular weight excluding hydrogens is 324 g/mol. The number of benzene rings is 3. The van der Waals surface area contributed by atoms with Gasteiger partial charge in [-0.1, -0.05) is 64.5 Å². The molecule has 0 aromatic heterocycles. The Labute approximate surface area is 133 Å². The third-order valence-corrected chi connectivity index (χ3v) is 4.61. The Kier molecular flexibility index (Phi) is 3.83. The first-order valence-electron chi connectivity index (χ1n) is 7.00. The molecule has 3 aromatic carbocycles. The van der Waals surface area contributed by atoms with Crippen molar-refractivity contribution in [1.29, 1.82) is 0 Å². The highest BCUT2D eigenvalue weighted by Gasteiger charge is 2.16. The van der Waals surface area contributed by atoms with Gasteiger partial charge >= 0.3 is 0 Å². The van der Waals surface area contributed by atoms with Gasteiger partial charge in [-0.3, -0.25) is 0 Å². The Morgan fingerprint density at radius 3 is 2.24 bits per heavy atom. The summed E-state index contributed by atoms with van der Waals surface area (Å²) in [4.78, 5) is 0. The number of aliphatic hydroxyl groups excluding tert-OH is 1. The van der Waals surface area contributed by atoms with Crippen LogP contribution in [0.1, 0.15) is 28.4 Å². The van der Waals surface area contributed by atoms with Gasteiger partial charge in [0.25, 0.3) is 0 Å². The molecule has 0 spiro atoms. The number of hydrogen-bond acceptors (Lipinski definition) is 1. The molecule has 0 bridgehead atoms. The van der Waals surface area contributed by atoms with Crippen molar-refractivity contribution in [3.8, 4) is 0 Å². The molecule has 106 valence electrons. The molecule has 1 atom stereocenters. The van der Waals surface area contributed by atoms with E-state index in [0.717, 1.165) is 21.0 Å². The van der Waals surface area contributed by atoms with Crippen LogP contribution < -0.4 is 0 Å². The van der Waals surface area contributed by atoms with Crippen LogP contribution in [0.4, 0.5) is 0 Å². The molecule has 0 fully saturated rings. The highest BCUT2D eigenvalue weighted by Crippen LogP contribution is 2.34. The van der Waals surface area contributed by atoms with Crippen LogP contribution in [0.25, 0.3) is 10.8 Å². The zero-order chi connectivity index (χ0) is 15.0. The molecule has 0 aliphatic rings. The quantitative estimate of drug-likeness (QED) is 0.670. The van der Waals surface area contributed by atoms with E-state index in [1.807, 2.05) is 43.3 Å². The summed E-state index contributed by atoms with van der Waals surface area (Å²) in [5.41, 5.74) is 4.24. The zero-order valence-electron chi connectivity index (χ0n) is 12.1. The van der Waals surface area contributed by atoms with Gasteiger partial charge in [-0.25, -0.2) is 0 Å². The highest BCUT2D eigenvalue weighted by atomic mass is 79.9. The second-order valence-electron chi connectivity index (χ2n) is 5.44. The van der Waals surface area contributed by atoms with Crippen molar-refractivity contribution in [3.05, 3.63) is 81.3 Å². The Hall–Kier alpha value is -1.64. The molecule has 0 aliphatic heterocycles. The van der Waals surface area contributed by atoms with Gasteiger partial charge in [0.1, 0.15) is 6.10 Å². The molecule has 0 amide bonds. The van der Waals surface area contributed by atoms with Gasteiger partial charge in [-0.15, -0.1) is 0 Å². The van der Waals surface area contributed by atoms with Crippen molar-refractivity contribution in [1.82, 2.24) is 0 Å². The van der Waals surface area contributed by atoms with Crippen molar-refractivity contribution in [2.24, 2.45) is 0 Å². The SMILES string of the molecule is Cc1ccc(C(O)c2ccc(C)c3ccccc23)c(Br)c1. The molecule has 3 aromatic rings. The minimum Gasteiger partial charge on any atom is -0.384 e. The van der Waals surface area contributed by atoms with Crippen LogP contribution >= 0.6 is 15.9 Å². The third kappa shape index (κ3) is 2.61. The van der Waals surface area contributed by atoms with Gasteiger partial charge in [-0.05, 0) is 52.9 Å². The lowest BCUT2D eigenvalue weighted by Crippen LogP contribution is -2.02. The number of hydrogen-bond donors (Lipinski definition) is 1. The standard InChI is InChI=1S/C19H17BrO/c1-12-7-9-17(18(20)11-12)19(21)16-10-8-13(2)14-5-3-4-6-15(14)16/h3-11,19,21H,1-2H3. The van der Waals surface area contributed by atoms with Gasteiger partial charge in [0.15, 0.2) is 0 Å². The van der Waals surface area contributed by atoms with Crippen LogP contribution in [0.15, 0.2) is 59.1 Å². The first-order chi connectivity index (χ1) is 10.1. The Morgan fingerprint density at radius 2 is 1.52 bits per heavy atom. The van der Waals surface area contributed by atoms with Gasteiger partial charge in [0, 0.05) is 4.47 Å². The minimum atomic E-state index is -0.634. The molecule has 1 unspecified atom stereocenters. The first-order valence-corrected chi connectivity index (χ1v) is 7.79. The van der Waals surface area contributed by atoms with Gasteiger partial charge in [0.05, 0.1) is 0 Å². The molecule has 0 heterocycles. The monoisotopic (exact) mass is 340 g/mol. The second kappa shape index (κ2) is 5.63. The molecule has 2 heteroatoms. The van der Waals surface area contributed by atoms with E-state index in [2.05, 4.69) is 41.1 Å². The van der Waals surface area contributed by atoms with Crippen molar-refractivity contribution in [2.75, 3.05) is 0 Å². The van der Waals surface area contributed by atoms with Crippen molar-refractivity contribution >= 4 is 26.7 Å². The zero-order valence-corrected chi connectivity index (χ0v) is 13.7. The van der Waals surface area contributed by atoms with E-state index in [1.54, 1.807) is 0 Å². The van der Waals surface area contributed by atoms with E-state index in [0.29, 0.717) is 0 Å². The number of rotatable bonds is 2. The van der Waals surface area contributed by atoms with E-state index in [-0.39, 0.29) is 0 Å². The molecule has 21 heavy (non-hydrogen) atoms. The van der Waals surface area contributed by atoms with E-state index in [9.17, 15) is 5.11 Å².